The number of benzene rings is 2. The van der Waals surface area contributed by atoms with Gasteiger partial charge in [-0.3, -0.25) is 0 Å². The molecule has 0 spiro atoms. The fourth-order valence-corrected chi connectivity index (χ4v) is 2.57. The van der Waals surface area contributed by atoms with E-state index in [4.69, 9.17) is 32.7 Å². The van der Waals surface area contributed by atoms with Crippen LogP contribution in [0.3, 0.4) is 0 Å². The van der Waals surface area contributed by atoms with Crippen molar-refractivity contribution in [3.63, 3.8) is 0 Å². The van der Waals surface area contributed by atoms with E-state index < -0.39 is 0 Å². The zero-order valence-corrected chi connectivity index (χ0v) is 11.4. The molecule has 0 saturated heterocycles. The molecule has 0 aliphatic rings. The highest BCUT2D eigenvalue weighted by Crippen LogP contribution is 2.32. The second-order valence-electron chi connectivity index (χ2n) is 4.25. The first-order valence-electron chi connectivity index (χ1n) is 5.76. The second kappa shape index (κ2) is 4.89. The maximum Gasteiger partial charge on any atom is 0.135 e. The van der Waals surface area contributed by atoms with Gasteiger partial charge in [0.2, 0.25) is 0 Å². The number of fused-ring (bicyclic) bond motifs is 1. The molecular formula is C15H10Cl2O2. The largest absolute Gasteiger partial charge is 0.459 e. The summed E-state index contributed by atoms with van der Waals surface area (Å²) >= 11 is 12.1. The smallest absolute Gasteiger partial charge is 0.135 e. The van der Waals surface area contributed by atoms with Crippen LogP contribution in [0, 0.1) is 0 Å². The van der Waals surface area contributed by atoms with E-state index in [0.717, 1.165) is 22.1 Å². The van der Waals surface area contributed by atoms with Crippen molar-refractivity contribution in [3.05, 3.63) is 58.3 Å². The third kappa shape index (κ3) is 2.35. The third-order valence-electron chi connectivity index (χ3n) is 2.97. The molecule has 1 heterocycles. The van der Waals surface area contributed by atoms with Crippen molar-refractivity contribution in [1.82, 2.24) is 0 Å². The van der Waals surface area contributed by atoms with Crippen molar-refractivity contribution in [2.24, 2.45) is 0 Å². The quantitative estimate of drug-likeness (QED) is 0.729. The Morgan fingerprint density at radius 3 is 2.58 bits per heavy atom. The van der Waals surface area contributed by atoms with Crippen LogP contribution in [-0.2, 0) is 6.61 Å². The van der Waals surface area contributed by atoms with E-state index in [-0.39, 0.29) is 6.61 Å². The maximum absolute atomic E-state index is 9.07. The molecule has 0 bridgehead atoms. The van der Waals surface area contributed by atoms with Crippen LogP contribution in [0.5, 0.6) is 0 Å². The van der Waals surface area contributed by atoms with Crippen LogP contribution in [0.1, 0.15) is 5.76 Å². The van der Waals surface area contributed by atoms with Crippen molar-refractivity contribution in [2.75, 3.05) is 0 Å². The molecule has 3 aromatic rings. The Bertz CT molecular complexity index is 747. The number of furan rings is 1. The molecule has 96 valence electrons. The van der Waals surface area contributed by atoms with E-state index in [1.807, 2.05) is 30.3 Å². The maximum atomic E-state index is 9.07. The van der Waals surface area contributed by atoms with E-state index in [0.29, 0.717) is 15.8 Å². The predicted molar refractivity (Wildman–Crippen MR) is 77.6 cm³/mol. The molecule has 2 aromatic carbocycles. The zero-order chi connectivity index (χ0) is 13.4. The Morgan fingerprint density at radius 1 is 1.00 bits per heavy atom. The monoisotopic (exact) mass is 292 g/mol. The number of rotatable bonds is 2. The summed E-state index contributed by atoms with van der Waals surface area (Å²) in [6.45, 7) is -0.105. The Balaban J connectivity index is 2.14. The van der Waals surface area contributed by atoms with Crippen molar-refractivity contribution in [1.29, 1.82) is 0 Å². The van der Waals surface area contributed by atoms with Crippen LogP contribution in [0.15, 0.2) is 46.9 Å². The predicted octanol–water partition coefficient (Wildman–Crippen LogP) is 4.90. The van der Waals surface area contributed by atoms with E-state index in [1.54, 1.807) is 12.1 Å². The van der Waals surface area contributed by atoms with Crippen molar-refractivity contribution >= 4 is 34.2 Å². The van der Waals surface area contributed by atoms with Crippen LogP contribution in [-0.4, -0.2) is 5.11 Å². The standard InChI is InChI=1S/C15H10Cl2O2/c16-11-3-4-13(14(17)7-11)9-1-2-10-5-12(8-18)19-15(10)6-9/h1-7,18H,8H2. The molecule has 0 atom stereocenters. The lowest BCUT2D eigenvalue weighted by Crippen LogP contribution is -1.79. The molecule has 0 amide bonds. The van der Waals surface area contributed by atoms with Gasteiger partial charge in [0.05, 0.1) is 0 Å². The van der Waals surface area contributed by atoms with Gasteiger partial charge in [-0.2, -0.15) is 0 Å². The molecule has 3 rings (SSSR count). The molecule has 0 unspecified atom stereocenters. The lowest BCUT2D eigenvalue weighted by molar-refractivity contribution is 0.251. The van der Waals surface area contributed by atoms with Gasteiger partial charge in [-0.25, -0.2) is 0 Å². The summed E-state index contributed by atoms with van der Waals surface area (Å²) in [6, 6.07) is 13.0. The molecule has 19 heavy (non-hydrogen) atoms. The summed E-state index contributed by atoms with van der Waals surface area (Å²) < 4.78 is 5.52. The fourth-order valence-electron chi connectivity index (χ4n) is 2.06. The lowest BCUT2D eigenvalue weighted by atomic mass is 10.0. The minimum absolute atomic E-state index is 0.105. The first-order valence-corrected chi connectivity index (χ1v) is 6.52. The molecule has 1 N–H and O–H groups in total. The molecule has 4 heteroatoms. The molecule has 2 nitrogen and oxygen atoms in total. The van der Waals surface area contributed by atoms with Crippen molar-refractivity contribution in [2.45, 2.75) is 6.61 Å². The van der Waals surface area contributed by atoms with Crippen molar-refractivity contribution < 1.29 is 9.52 Å². The fraction of sp³-hybridized carbons (Fsp3) is 0.0667. The lowest BCUT2D eigenvalue weighted by Gasteiger charge is -2.04. The summed E-state index contributed by atoms with van der Waals surface area (Å²) in [4.78, 5) is 0. The van der Waals surface area contributed by atoms with Gasteiger partial charge in [0, 0.05) is 21.0 Å². The summed E-state index contributed by atoms with van der Waals surface area (Å²) in [5.41, 5.74) is 2.58. The average molecular weight is 293 g/mol. The minimum atomic E-state index is -0.105. The molecule has 0 radical (unpaired) electrons. The van der Waals surface area contributed by atoms with Crippen LogP contribution >= 0.6 is 23.2 Å². The van der Waals surface area contributed by atoms with E-state index in [2.05, 4.69) is 0 Å². The molecule has 1 aromatic heterocycles. The molecule has 0 saturated carbocycles. The Labute approximate surface area is 120 Å². The summed E-state index contributed by atoms with van der Waals surface area (Å²) in [6.07, 6.45) is 0. The Kier molecular flexibility index (Phi) is 3.23. The average Bonchev–Trinajstić information content (AvgIpc) is 2.80. The number of halogens is 2. The first-order chi connectivity index (χ1) is 9.17. The van der Waals surface area contributed by atoms with Gasteiger partial charge in [0.1, 0.15) is 18.0 Å². The van der Waals surface area contributed by atoms with Crippen LogP contribution in [0.2, 0.25) is 10.0 Å². The molecule has 0 aliphatic heterocycles. The van der Waals surface area contributed by atoms with Gasteiger partial charge in [0.15, 0.2) is 0 Å². The topological polar surface area (TPSA) is 33.4 Å². The number of hydrogen-bond donors (Lipinski definition) is 1. The Morgan fingerprint density at radius 2 is 1.84 bits per heavy atom. The summed E-state index contributed by atoms with van der Waals surface area (Å²) in [7, 11) is 0. The zero-order valence-electron chi connectivity index (χ0n) is 9.86. The summed E-state index contributed by atoms with van der Waals surface area (Å²) in [5.74, 6) is 0.550. The number of hydrogen-bond acceptors (Lipinski definition) is 2. The van der Waals surface area contributed by atoms with Gasteiger partial charge in [-0.1, -0.05) is 41.4 Å². The van der Waals surface area contributed by atoms with Crippen LogP contribution in [0.4, 0.5) is 0 Å². The summed E-state index contributed by atoms with van der Waals surface area (Å²) in [5, 5.41) is 11.2. The van der Waals surface area contributed by atoms with E-state index in [9.17, 15) is 0 Å². The third-order valence-corrected chi connectivity index (χ3v) is 3.52. The first kappa shape index (κ1) is 12.5. The van der Waals surface area contributed by atoms with Gasteiger partial charge < -0.3 is 9.52 Å². The van der Waals surface area contributed by atoms with Crippen molar-refractivity contribution in [3.8, 4) is 11.1 Å². The number of aliphatic hydroxyl groups is 1. The SMILES string of the molecule is OCc1cc2ccc(-c3ccc(Cl)cc3Cl)cc2o1. The van der Waals surface area contributed by atoms with E-state index in [1.165, 1.54) is 0 Å². The van der Waals surface area contributed by atoms with Gasteiger partial charge in [-0.15, -0.1) is 0 Å². The Hall–Kier alpha value is -1.48. The minimum Gasteiger partial charge on any atom is -0.459 e. The highest BCUT2D eigenvalue weighted by atomic mass is 35.5. The van der Waals surface area contributed by atoms with Gasteiger partial charge >= 0.3 is 0 Å². The highest BCUT2D eigenvalue weighted by Gasteiger charge is 2.08. The molecular weight excluding hydrogens is 283 g/mol. The van der Waals surface area contributed by atoms with Gasteiger partial charge in [0.25, 0.3) is 0 Å². The van der Waals surface area contributed by atoms with Gasteiger partial charge in [-0.05, 0) is 29.8 Å². The molecule has 0 fully saturated rings. The van der Waals surface area contributed by atoms with E-state index >= 15 is 0 Å². The second-order valence-corrected chi connectivity index (χ2v) is 5.09. The molecule has 0 aliphatic carbocycles. The number of aliphatic hydroxyl groups excluding tert-OH is 1. The van der Waals surface area contributed by atoms with Crippen LogP contribution < -0.4 is 0 Å². The van der Waals surface area contributed by atoms with Crippen LogP contribution in [0.25, 0.3) is 22.1 Å². The highest BCUT2D eigenvalue weighted by molar-refractivity contribution is 6.36. The normalized spacial score (nSPS) is 11.1.